The molecule has 0 aromatic heterocycles. The molecule has 1 N–H and O–H groups in total. The van der Waals surface area contributed by atoms with Gasteiger partial charge in [0.15, 0.2) is 6.61 Å². The van der Waals surface area contributed by atoms with Gasteiger partial charge in [0.05, 0.1) is 5.57 Å². The van der Waals surface area contributed by atoms with Gasteiger partial charge in [-0.3, -0.25) is 4.79 Å². The number of anilines is 1. The van der Waals surface area contributed by atoms with Gasteiger partial charge >= 0.3 is 12.0 Å². The molecule has 0 atom stereocenters. The zero-order valence-electron chi connectivity index (χ0n) is 17.3. The molecule has 4 rings (SSSR count). The number of urea groups is 1. The van der Waals surface area contributed by atoms with E-state index < -0.39 is 5.97 Å². The molecule has 2 aromatic carbocycles. The van der Waals surface area contributed by atoms with Crippen molar-refractivity contribution in [3.05, 3.63) is 64.7 Å². The first-order valence-corrected chi connectivity index (χ1v) is 10.6. The Labute approximate surface area is 190 Å². The number of piperazine rings is 1. The van der Waals surface area contributed by atoms with E-state index in [1.807, 2.05) is 30.3 Å². The highest BCUT2D eigenvalue weighted by molar-refractivity contribution is 6.30. The number of amides is 3. The minimum atomic E-state index is -0.607. The summed E-state index contributed by atoms with van der Waals surface area (Å²) >= 11 is 5.98. The van der Waals surface area contributed by atoms with Crippen LogP contribution in [0, 0.1) is 0 Å². The number of rotatable bonds is 4. The van der Waals surface area contributed by atoms with Gasteiger partial charge in [-0.1, -0.05) is 29.8 Å². The lowest BCUT2D eigenvalue weighted by atomic mass is 10.1. The molecule has 1 saturated heterocycles. The zero-order chi connectivity index (χ0) is 22.5. The van der Waals surface area contributed by atoms with Crippen LogP contribution < -0.4 is 10.1 Å². The van der Waals surface area contributed by atoms with Crippen LogP contribution in [0.25, 0.3) is 6.08 Å². The second-order valence-corrected chi connectivity index (χ2v) is 7.82. The maximum atomic E-state index is 12.5. The summed E-state index contributed by atoms with van der Waals surface area (Å²) in [5, 5.41) is 3.36. The highest BCUT2D eigenvalue weighted by Gasteiger charge is 2.26. The molecule has 2 heterocycles. The Kier molecular flexibility index (Phi) is 6.61. The summed E-state index contributed by atoms with van der Waals surface area (Å²) < 4.78 is 10.7. The molecule has 0 saturated carbocycles. The van der Waals surface area contributed by atoms with Crippen LogP contribution >= 0.6 is 11.6 Å². The van der Waals surface area contributed by atoms with E-state index in [9.17, 15) is 14.4 Å². The van der Waals surface area contributed by atoms with E-state index in [0.717, 1.165) is 0 Å². The van der Waals surface area contributed by atoms with Crippen molar-refractivity contribution in [2.45, 2.75) is 0 Å². The summed E-state index contributed by atoms with van der Waals surface area (Å²) in [6.45, 7) is 1.24. The minimum Gasteiger partial charge on any atom is -0.488 e. The lowest BCUT2D eigenvalue weighted by Crippen LogP contribution is -2.52. The van der Waals surface area contributed by atoms with E-state index in [1.54, 1.807) is 34.1 Å². The van der Waals surface area contributed by atoms with E-state index in [4.69, 9.17) is 21.1 Å². The molecular formula is C23H22ClN3O5. The third-order valence-electron chi connectivity index (χ3n) is 5.22. The van der Waals surface area contributed by atoms with E-state index in [2.05, 4.69) is 5.32 Å². The van der Waals surface area contributed by atoms with Crippen LogP contribution in [0.1, 0.15) is 5.56 Å². The predicted molar refractivity (Wildman–Crippen MR) is 119 cm³/mol. The standard InChI is InChI=1S/C23H22ClN3O5/c24-18-6-7-20-16(13-18)12-17(14-31-20)22(29)32-15-21(28)26-8-10-27(11-9-26)23(30)25-19-4-2-1-3-5-19/h1-7,12-13H,8-11,14-15H2,(H,25,30). The van der Waals surface area contributed by atoms with Gasteiger partial charge in [-0.05, 0) is 36.4 Å². The first-order valence-electron chi connectivity index (χ1n) is 10.2. The van der Waals surface area contributed by atoms with Crippen LogP contribution in [0.2, 0.25) is 5.02 Å². The van der Waals surface area contributed by atoms with Crippen molar-refractivity contribution in [3.8, 4) is 5.75 Å². The number of nitrogens with one attached hydrogen (secondary N) is 1. The molecule has 0 unspecified atom stereocenters. The second kappa shape index (κ2) is 9.74. The molecule has 2 aliphatic rings. The molecular weight excluding hydrogens is 434 g/mol. The van der Waals surface area contributed by atoms with Crippen molar-refractivity contribution in [2.24, 2.45) is 0 Å². The highest BCUT2D eigenvalue weighted by Crippen LogP contribution is 2.29. The van der Waals surface area contributed by atoms with E-state index in [1.165, 1.54) is 0 Å². The van der Waals surface area contributed by atoms with E-state index in [-0.39, 0.29) is 25.2 Å². The predicted octanol–water partition coefficient (Wildman–Crippen LogP) is 3.04. The lowest BCUT2D eigenvalue weighted by molar-refractivity contribution is -0.149. The van der Waals surface area contributed by atoms with Crippen LogP contribution in [0.15, 0.2) is 54.1 Å². The van der Waals surface area contributed by atoms with Crippen LogP contribution in [0.3, 0.4) is 0 Å². The summed E-state index contributed by atoms with van der Waals surface area (Å²) in [6, 6.07) is 14.1. The number of halogens is 1. The van der Waals surface area contributed by atoms with Gasteiger partial charge in [0.2, 0.25) is 0 Å². The first-order chi connectivity index (χ1) is 15.5. The van der Waals surface area contributed by atoms with Crippen LogP contribution in [0.5, 0.6) is 5.75 Å². The van der Waals surface area contributed by atoms with Crippen LogP contribution in [-0.4, -0.2) is 67.1 Å². The average molecular weight is 456 g/mol. The SMILES string of the molecule is O=C(OCC(=O)N1CCN(C(=O)Nc2ccccc2)CC1)C1=Cc2cc(Cl)ccc2OC1. The highest BCUT2D eigenvalue weighted by atomic mass is 35.5. The average Bonchev–Trinajstić information content (AvgIpc) is 2.82. The maximum absolute atomic E-state index is 12.5. The molecule has 2 aliphatic heterocycles. The van der Waals surface area contributed by atoms with Crippen molar-refractivity contribution in [3.63, 3.8) is 0 Å². The number of carbonyl (C=O) groups is 3. The minimum absolute atomic E-state index is 0.0663. The molecule has 8 nitrogen and oxygen atoms in total. The number of fused-ring (bicyclic) bond motifs is 1. The molecule has 0 spiro atoms. The second-order valence-electron chi connectivity index (χ2n) is 7.38. The largest absolute Gasteiger partial charge is 0.488 e. The molecule has 0 radical (unpaired) electrons. The van der Waals surface area contributed by atoms with Gasteiger partial charge in [0.1, 0.15) is 12.4 Å². The first kappa shape index (κ1) is 21.7. The fraction of sp³-hybridized carbons (Fsp3) is 0.261. The number of carbonyl (C=O) groups excluding carboxylic acids is 3. The van der Waals surface area contributed by atoms with Gasteiger partial charge in [-0.15, -0.1) is 0 Å². The number of nitrogens with zero attached hydrogens (tertiary/aromatic N) is 2. The van der Waals surface area contributed by atoms with Crippen LogP contribution in [-0.2, 0) is 14.3 Å². The Hall–Kier alpha value is -3.52. The summed E-state index contributed by atoms with van der Waals surface area (Å²) in [6.07, 6.45) is 1.65. The van der Waals surface area contributed by atoms with Gasteiger partial charge in [-0.2, -0.15) is 0 Å². The summed E-state index contributed by atoms with van der Waals surface area (Å²) in [5.41, 5.74) is 1.72. The normalized spacial score (nSPS) is 15.2. The monoisotopic (exact) mass is 455 g/mol. The Morgan fingerprint density at radius 3 is 2.47 bits per heavy atom. The molecule has 0 aliphatic carbocycles. The number of para-hydroxylation sites is 1. The van der Waals surface area contributed by atoms with E-state index in [0.29, 0.717) is 53.8 Å². The molecule has 32 heavy (non-hydrogen) atoms. The third-order valence-corrected chi connectivity index (χ3v) is 5.45. The Bertz CT molecular complexity index is 1050. The van der Waals surface area contributed by atoms with Gasteiger partial charge in [0, 0.05) is 42.5 Å². The summed E-state index contributed by atoms with van der Waals surface area (Å²) in [5.74, 6) is -0.275. The van der Waals surface area contributed by atoms with Gasteiger partial charge in [0.25, 0.3) is 5.91 Å². The summed E-state index contributed by atoms with van der Waals surface area (Å²) in [4.78, 5) is 40.4. The fourth-order valence-electron chi connectivity index (χ4n) is 3.46. The maximum Gasteiger partial charge on any atom is 0.338 e. The third kappa shape index (κ3) is 5.20. The number of hydrogen-bond acceptors (Lipinski definition) is 5. The number of esters is 1. The van der Waals surface area contributed by atoms with Crippen LogP contribution in [0.4, 0.5) is 10.5 Å². The number of hydrogen-bond donors (Lipinski definition) is 1. The number of benzene rings is 2. The number of ether oxygens (including phenoxy) is 2. The van der Waals surface area contributed by atoms with E-state index >= 15 is 0 Å². The fourth-order valence-corrected chi connectivity index (χ4v) is 3.64. The van der Waals surface area contributed by atoms with Crippen molar-refractivity contribution >= 4 is 41.3 Å². The smallest absolute Gasteiger partial charge is 0.338 e. The van der Waals surface area contributed by atoms with Gasteiger partial charge in [-0.25, -0.2) is 9.59 Å². The molecule has 1 fully saturated rings. The Morgan fingerprint density at radius 2 is 1.72 bits per heavy atom. The molecule has 3 amide bonds. The molecule has 0 bridgehead atoms. The van der Waals surface area contributed by atoms with Gasteiger partial charge < -0.3 is 24.6 Å². The quantitative estimate of drug-likeness (QED) is 0.716. The van der Waals surface area contributed by atoms with Crippen molar-refractivity contribution < 1.29 is 23.9 Å². The molecule has 9 heteroatoms. The lowest BCUT2D eigenvalue weighted by Gasteiger charge is -2.34. The molecule has 2 aromatic rings. The zero-order valence-corrected chi connectivity index (χ0v) is 18.0. The van der Waals surface area contributed by atoms with Crippen molar-refractivity contribution in [2.75, 3.05) is 44.7 Å². The topological polar surface area (TPSA) is 88.2 Å². The summed E-state index contributed by atoms with van der Waals surface area (Å²) in [7, 11) is 0. The Balaban J connectivity index is 1.24. The van der Waals surface area contributed by atoms with Crippen molar-refractivity contribution in [1.29, 1.82) is 0 Å². The van der Waals surface area contributed by atoms with Crippen molar-refractivity contribution in [1.82, 2.24) is 9.80 Å². The molecule has 166 valence electrons. The Morgan fingerprint density at radius 1 is 1.00 bits per heavy atom.